The normalized spacial score (nSPS) is 28.0. The second-order valence-electron chi connectivity index (χ2n) is 7.77. The molecule has 1 heterocycles. The van der Waals surface area contributed by atoms with Crippen molar-refractivity contribution in [2.75, 3.05) is 13.6 Å². The molecule has 25 heavy (non-hydrogen) atoms. The van der Waals surface area contributed by atoms with Crippen LogP contribution in [0.2, 0.25) is 0 Å². The number of hydrogen-bond donors (Lipinski definition) is 2. The SMILES string of the molecule is C[C@H]1C[C@@](O)(CC(O)(c2ccccc2)c2ccccc2)[C@@H](C)CN1C. The molecule has 0 bridgehead atoms. The first-order valence-corrected chi connectivity index (χ1v) is 9.11. The van der Waals surface area contributed by atoms with Crippen molar-refractivity contribution in [2.24, 2.45) is 5.92 Å². The summed E-state index contributed by atoms with van der Waals surface area (Å²) < 4.78 is 0. The Morgan fingerprint density at radius 2 is 1.48 bits per heavy atom. The van der Waals surface area contributed by atoms with E-state index >= 15 is 0 Å². The van der Waals surface area contributed by atoms with Crippen LogP contribution in [-0.2, 0) is 5.60 Å². The fourth-order valence-corrected chi connectivity index (χ4v) is 4.14. The van der Waals surface area contributed by atoms with E-state index in [0.29, 0.717) is 12.8 Å². The molecular weight excluding hydrogens is 310 g/mol. The van der Waals surface area contributed by atoms with Gasteiger partial charge in [-0.2, -0.15) is 0 Å². The largest absolute Gasteiger partial charge is 0.389 e. The fraction of sp³-hybridized carbons (Fsp3) is 0.455. The summed E-state index contributed by atoms with van der Waals surface area (Å²) in [7, 11) is 2.10. The van der Waals surface area contributed by atoms with Gasteiger partial charge in [0.25, 0.3) is 0 Å². The Labute approximate surface area is 150 Å². The maximum atomic E-state index is 11.8. The number of aliphatic hydroxyl groups is 2. The molecule has 2 aromatic rings. The van der Waals surface area contributed by atoms with Crippen molar-refractivity contribution in [3.8, 4) is 0 Å². The highest BCUT2D eigenvalue weighted by atomic mass is 16.3. The van der Waals surface area contributed by atoms with Gasteiger partial charge in [0.2, 0.25) is 0 Å². The zero-order valence-corrected chi connectivity index (χ0v) is 15.4. The van der Waals surface area contributed by atoms with Gasteiger partial charge < -0.3 is 15.1 Å². The predicted octanol–water partition coefficient (Wildman–Crippen LogP) is 3.40. The molecule has 2 aromatic carbocycles. The molecular formula is C22H29NO2. The maximum Gasteiger partial charge on any atom is 0.117 e. The summed E-state index contributed by atoms with van der Waals surface area (Å²) in [6.45, 7) is 5.05. The van der Waals surface area contributed by atoms with E-state index in [0.717, 1.165) is 17.7 Å². The van der Waals surface area contributed by atoms with Crippen molar-refractivity contribution in [1.29, 1.82) is 0 Å². The van der Waals surface area contributed by atoms with Crippen LogP contribution in [-0.4, -0.2) is 40.3 Å². The lowest BCUT2D eigenvalue weighted by molar-refractivity contribution is -0.121. The molecule has 0 aromatic heterocycles. The van der Waals surface area contributed by atoms with Gasteiger partial charge in [-0.25, -0.2) is 0 Å². The molecule has 134 valence electrons. The lowest BCUT2D eigenvalue weighted by Crippen LogP contribution is -2.56. The van der Waals surface area contributed by atoms with E-state index in [1.54, 1.807) is 0 Å². The lowest BCUT2D eigenvalue weighted by atomic mass is 9.69. The third kappa shape index (κ3) is 3.50. The average molecular weight is 339 g/mol. The van der Waals surface area contributed by atoms with Crippen LogP contribution in [0.3, 0.4) is 0 Å². The van der Waals surface area contributed by atoms with Gasteiger partial charge in [0, 0.05) is 19.0 Å². The predicted molar refractivity (Wildman–Crippen MR) is 101 cm³/mol. The van der Waals surface area contributed by atoms with Gasteiger partial charge in [-0.1, -0.05) is 67.6 Å². The Hall–Kier alpha value is -1.68. The lowest BCUT2D eigenvalue weighted by Gasteiger charge is -2.49. The summed E-state index contributed by atoms with van der Waals surface area (Å²) in [5, 5.41) is 23.3. The second kappa shape index (κ2) is 6.91. The van der Waals surface area contributed by atoms with E-state index in [2.05, 4.69) is 25.8 Å². The summed E-state index contributed by atoms with van der Waals surface area (Å²) in [6.07, 6.45) is 0.958. The molecule has 3 nitrogen and oxygen atoms in total. The smallest absolute Gasteiger partial charge is 0.117 e. The van der Waals surface area contributed by atoms with Crippen LogP contribution in [0.5, 0.6) is 0 Å². The van der Waals surface area contributed by atoms with Gasteiger partial charge >= 0.3 is 0 Å². The molecule has 1 aliphatic heterocycles. The number of likely N-dealkylation sites (tertiary alicyclic amines) is 1. The number of hydrogen-bond acceptors (Lipinski definition) is 3. The highest BCUT2D eigenvalue weighted by Gasteiger charge is 2.47. The highest BCUT2D eigenvalue weighted by molar-refractivity contribution is 5.36. The number of benzene rings is 2. The summed E-state index contributed by atoms with van der Waals surface area (Å²) >= 11 is 0. The minimum absolute atomic E-state index is 0.0904. The summed E-state index contributed by atoms with van der Waals surface area (Å²) in [5.41, 5.74) is -0.463. The van der Waals surface area contributed by atoms with Crippen LogP contribution in [0.4, 0.5) is 0 Å². The molecule has 0 aliphatic carbocycles. The van der Waals surface area contributed by atoms with Gasteiger partial charge in [-0.15, -0.1) is 0 Å². The molecule has 3 rings (SSSR count). The topological polar surface area (TPSA) is 43.7 Å². The van der Waals surface area contributed by atoms with E-state index in [1.807, 2.05) is 60.7 Å². The summed E-state index contributed by atoms with van der Waals surface area (Å²) in [4.78, 5) is 2.28. The molecule has 0 amide bonds. The highest BCUT2D eigenvalue weighted by Crippen LogP contribution is 2.43. The standard InChI is InChI=1S/C22H29NO2/c1-17-15-23(3)18(2)14-21(17,24)16-22(25,19-10-6-4-7-11-19)20-12-8-5-9-13-20/h4-13,17-18,24-25H,14-16H2,1-3H3/t17-,18-,21+/m0/s1. The van der Waals surface area contributed by atoms with E-state index in [-0.39, 0.29) is 12.0 Å². The molecule has 3 atom stereocenters. The van der Waals surface area contributed by atoms with E-state index in [4.69, 9.17) is 0 Å². The first-order chi connectivity index (χ1) is 11.8. The minimum Gasteiger partial charge on any atom is -0.389 e. The Kier molecular flexibility index (Phi) is 5.01. The molecule has 1 saturated heterocycles. The van der Waals surface area contributed by atoms with Crippen molar-refractivity contribution in [3.63, 3.8) is 0 Å². The van der Waals surface area contributed by atoms with Gasteiger partial charge in [0.05, 0.1) is 5.60 Å². The first kappa shape index (κ1) is 18.1. The maximum absolute atomic E-state index is 11.8. The van der Waals surface area contributed by atoms with Gasteiger partial charge in [0.15, 0.2) is 0 Å². The molecule has 0 saturated carbocycles. The third-order valence-electron chi connectivity index (χ3n) is 5.95. The number of piperidine rings is 1. The zero-order valence-electron chi connectivity index (χ0n) is 15.4. The molecule has 0 spiro atoms. The Balaban J connectivity index is 2.02. The van der Waals surface area contributed by atoms with Crippen molar-refractivity contribution in [3.05, 3.63) is 71.8 Å². The van der Waals surface area contributed by atoms with Crippen molar-refractivity contribution in [1.82, 2.24) is 4.90 Å². The van der Waals surface area contributed by atoms with Crippen molar-refractivity contribution < 1.29 is 10.2 Å². The van der Waals surface area contributed by atoms with Gasteiger partial charge in [-0.05, 0) is 37.4 Å². The molecule has 0 unspecified atom stereocenters. The van der Waals surface area contributed by atoms with E-state index in [1.165, 1.54) is 0 Å². The van der Waals surface area contributed by atoms with Crippen LogP contribution in [0.15, 0.2) is 60.7 Å². The quantitative estimate of drug-likeness (QED) is 0.897. The first-order valence-electron chi connectivity index (χ1n) is 9.11. The Bertz CT molecular complexity index is 648. The molecule has 0 radical (unpaired) electrons. The Morgan fingerprint density at radius 3 is 1.96 bits per heavy atom. The van der Waals surface area contributed by atoms with Crippen LogP contribution in [0.1, 0.15) is 37.8 Å². The van der Waals surface area contributed by atoms with Gasteiger partial charge in [0.1, 0.15) is 5.60 Å². The van der Waals surface area contributed by atoms with Crippen molar-refractivity contribution in [2.45, 2.75) is 43.9 Å². The number of nitrogens with zero attached hydrogens (tertiary/aromatic N) is 1. The van der Waals surface area contributed by atoms with E-state index in [9.17, 15) is 10.2 Å². The molecule has 2 N–H and O–H groups in total. The third-order valence-corrected chi connectivity index (χ3v) is 5.95. The monoisotopic (exact) mass is 339 g/mol. The van der Waals surface area contributed by atoms with E-state index < -0.39 is 11.2 Å². The average Bonchev–Trinajstić information content (AvgIpc) is 2.61. The zero-order chi connectivity index (χ0) is 18.1. The molecule has 3 heteroatoms. The van der Waals surface area contributed by atoms with Crippen LogP contribution >= 0.6 is 0 Å². The van der Waals surface area contributed by atoms with Crippen LogP contribution in [0, 0.1) is 5.92 Å². The summed E-state index contributed by atoms with van der Waals surface area (Å²) in [6, 6.07) is 19.7. The summed E-state index contributed by atoms with van der Waals surface area (Å²) in [5.74, 6) is 0.0904. The molecule has 1 aliphatic rings. The Morgan fingerprint density at radius 1 is 1.00 bits per heavy atom. The minimum atomic E-state index is -1.21. The fourth-order valence-electron chi connectivity index (χ4n) is 4.14. The van der Waals surface area contributed by atoms with Crippen LogP contribution in [0.25, 0.3) is 0 Å². The molecule has 1 fully saturated rings. The second-order valence-corrected chi connectivity index (χ2v) is 7.77. The van der Waals surface area contributed by atoms with Gasteiger partial charge in [-0.3, -0.25) is 0 Å². The van der Waals surface area contributed by atoms with Crippen molar-refractivity contribution >= 4 is 0 Å². The van der Waals surface area contributed by atoms with Crippen LogP contribution < -0.4 is 0 Å². The number of rotatable bonds is 4.